The molecule has 2 fully saturated rings. The van der Waals surface area contributed by atoms with Crippen LogP contribution in [0, 0.1) is 11.8 Å². The number of likely N-dealkylation sites (tertiary alicyclic amines) is 1. The molecule has 2 unspecified atom stereocenters. The lowest BCUT2D eigenvalue weighted by Crippen LogP contribution is -2.45. The number of guanidine groups is 1. The molecule has 28 heavy (non-hydrogen) atoms. The maximum absolute atomic E-state index is 11.6. The van der Waals surface area contributed by atoms with Crippen molar-refractivity contribution < 1.29 is 8.42 Å². The lowest BCUT2D eigenvalue weighted by atomic mass is 9.97. The third-order valence-electron chi connectivity index (χ3n) is 5.70. The normalized spacial score (nSPS) is 24.5. The summed E-state index contributed by atoms with van der Waals surface area (Å²) in [6.07, 6.45) is 3.26. The summed E-state index contributed by atoms with van der Waals surface area (Å²) in [5.41, 5.74) is 0. The van der Waals surface area contributed by atoms with E-state index in [0.29, 0.717) is 24.1 Å². The monoisotopic (exact) mass is 540 g/mol. The fourth-order valence-electron chi connectivity index (χ4n) is 3.92. The average Bonchev–Trinajstić information content (AvgIpc) is 3.29. The van der Waals surface area contributed by atoms with Crippen LogP contribution in [-0.4, -0.2) is 64.0 Å². The summed E-state index contributed by atoms with van der Waals surface area (Å²) in [7, 11) is -1.06. The molecule has 9 heteroatoms. The van der Waals surface area contributed by atoms with E-state index in [4.69, 9.17) is 0 Å². The lowest BCUT2D eigenvalue weighted by Gasteiger charge is -2.36. The Labute approximate surface area is 190 Å². The number of nitrogens with zero attached hydrogens (tertiary/aromatic N) is 2. The van der Waals surface area contributed by atoms with Crippen LogP contribution in [0.1, 0.15) is 37.1 Å². The zero-order valence-corrected chi connectivity index (χ0v) is 20.7. The Bertz CT molecular complexity index is 716. The highest BCUT2D eigenvalue weighted by Crippen LogP contribution is 2.29. The number of hydrogen-bond acceptors (Lipinski definition) is 5. The molecule has 0 aromatic carbocycles. The van der Waals surface area contributed by atoms with E-state index in [-0.39, 0.29) is 29.9 Å². The molecule has 2 aliphatic rings. The number of rotatable bonds is 6. The van der Waals surface area contributed by atoms with Crippen LogP contribution in [0.2, 0.25) is 0 Å². The summed E-state index contributed by atoms with van der Waals surface area (Å²) in [6.45, 7) is 6.07. The maximum atomic E-state index is 11.6. The molecule has 0 bridgehead atoms. The van der Waals surface area contributed by atoms with Crippen molar-refractivity contribution in [3.05, 3.63) is 22.4 Å². The van der Waals surface area contributed by atoms with E-state index < -0.39 is 9.84 Å². The van der Waals surface area contributed by atoms with E-state index in [1.165, 1.54) is 17.7 Å². The number of sulfone groups is 1. The molecule has 0 radical (unpaired) electrons. The number of halogens is 1. The van der Waals surface area contributed by atoms with E-state index in [1.54, 1.807) is 7.05 Å². The molecule has 2 saturated heterocycles. The molecule has 2 N–H and O–H groups in total. The third-order valence-corrected chi connectivity index (χ3v) is 8.51. The number of nitrogens with one attached hydrogen (secondary N) is 2. The minimum Gasteiger partial charge on any atom is -0.356 e. The highest BCUT2D eigenvalue weighted by atomic mass is 127. The Hall–Kier alpha value is -0.390. The Morgan fingerprint density at radius 2 is 2.07 bits per heavy atom. The zero-order chi connectivity index (χ0) is 19.3. The minimum absolute atomic E-state index is 0. The van der Waals surface area contributed by atoms with Crippen molar-refractivity contribution >= 4 is 51.1 Å². The maximum Gasteiger partial charge on any atom is 0.191 e. The van der Waals surface area contributed by atoms with Crippen molar-refractivity contribution in [3.63, 3.8) is 0 Å². The smallest absolute Gasteiger partial charge is 0.191 e. The largest absolute Gasteiger partial charge is 0.356 e. The molecule has 2 atom stereocenters. The van der Waals surface area contributed by atoms with Crippen LogP contribution >= 0.6 is 35.3 Å². The summed E-state index contributed by atoms with van der Waals surface area (Å²) in [5, 5.41) is 8.93. The van der Waals surface area contributed by atoms with Crippen LogP contribution in [0.5, 0.6) is 0 Å². The fourth-order valence-corrected chi connectivity index (χ4v) is 6.64. The Balaban J connectivity index is 0.00000280. The van der Waals surface area contributed by atoms with Crippen molar-refractivity contribution in [2.75, 3.05) is 44.7 Å². The van der Waals surface area contributed by atoms with Crippen molar-refractivity contribution in [2.24, 2.45) is 16.8 Å². The van der Waals surface area contributed by atoms with Gasteiger partial charge in [0.1, 0.15) is 0 Å². The van der Waals surface area contributed by atoms with Crippen LogP contribution in [0.3, 0.4) is 0 Å². The molecule has 2 aliphatic heterocycles. The van der Waals surface area contributed by atoms with Gasteiger partial charge in [-0.05, 0) is 55.6 Å². The molecule has 160 valence electrons. The van der Waals surface area contributed by atoms with Crippen LogP contribution in [0.15, 0.2) is 22.5 Å². The highest BCUT2D eigenvalue weighted by Gasteiger charge is 2.28. The van der Waals surface area contributed by atoms with Crippen LogP contribution in [-0.2, 0) is 9.84 Å². The highest BCUT2D eigenvalue weighted by molar-refractivity contribution is 14.0. The molecular weight excluding hydrogens is 507 g/mol. The molecule has 0 saturated carbocycles. The van der Waals surface area contributed by atoms with Gasteiger partial charge < -0.3 is 10.6 Å². The molecule has 1 aromatic rings. The van der Waals surface area contributed by atoms with Gasteiger partial charge >= 0.3 is 0 Å². The molecule has 3 heterocycles. The Morgan fingerprint density at radius 3 is 2.64 bits per heavy atom. The number of thiophene rings is 1. The van der Waals surface area contributed by atoms with E-state index in [1.807, 2.05) is 11.3 Å². The van der Waals surface area contributed by atoms with Crippen molar-refractivity contribution in [1.29, 1.82) is 0 Å². The SMILES string of the molecule is CN=C(NCC1CCS(=O)(=O)C1)NCC(c1cccs1)N1CCC(C)CC1.I. The first-order valence-corrected chi connectivity index (χ1v) is 12.6. The van der Waals surface area contributed by atoms with Gasteiger partial charge in [-0.2, -0.15) is 0 Å². The van der Waals surface area contributed by atoms with Crippen LogP contribution < -0.4 is 10.6 Å². The number of aliphatic imine (C=N–C) groups is 1. The number of piperidine rings is 1. The van der Waals surface area contributed by atoms with E-state index in [2.05, 4.69) is 45.0 Å². The molecule has 0 aliphatic carbocycles. The summed E-state index contributed by atoms with van der Waals surface area (Å²) < 4.78 is 23.2. The standard InChI is InChI=1S/C19H32N4O2S2.HI/c1-15-5-8-23(9-6-15)17(18-4-3-10-26-18)13-22-19(20-2)21-12-16-7-11-27(24,25)14-16;/h3-4,10,15-17H,5-9,11-14H2,1-2H3,(H2,20,21,22);1H. The first-order valence-electron chi connectivity index (χ1n) is 9.89. The van der Waals surface area contributed by atoms with Gasteiger partial charge in [0.05, 0.1) is 17.5 Å². The summed E-state index contributed by atoms with van der Waals surface area (Å²) in [6, 6.07) is 4.69. The van der Waals surface area contributed by atoms with Crippen LogP contribution in [0.4, 0.5) is 0 Å². The lowest BCUT2D eigenvalue weighted by molar-refractivity contribution is 0.140. The topological polar surface area (TPSA) is 73.8 Å². The Morgan fingerprint density at radius 1 is 1.32 bits per heavy atom. The van der Waals surface area contributed by atoms with Gasteiger partial charge in [-0.15, -0.1) is 35.3 Å². The quantitative estimate of drug-likeness (QED) is 0.330. The molecule has 1 aromatic heterocycles. The third kappa shape index (κ3) is 6.84. The zero-order valence-electron chi connectivity index (χ0n) is 16.8. The van der Waals surface area contributed by atoms with Gasteiger partial charge in [-0.1, -0.05) is 13.0 Å². The first-order chi connectivity index (χ1) is 13.0. The fraction of sp³-hybridized carbons (Fsp3) is 0.737. The van der Waals surface area contributed by atoms with Crippen LogP contribution in [0.25, 0.3) is 0 Å². The van der Waals surface area contributed by atoms with Crippen molar-refractivity contribution in [1.82, 2.24) is 15.5 Å². The minimum atomic E-state index is -2.83. The summed E-state index contributed by atoms with van der Waals surface area (Å²) >= 11 is 1.81. The first kappa shape index (κ1) is 23.9. The van der Waals surface area contributed by atoms with E-state index >= 15 is 0 Å². The van der Waals surface area contributed by atoms with E-state index in [9.17, 15) is 8.42 Å². The van der Waals surface area contributed by atoms with Gasteiger partial charge in [0.15, 0.2) is 15.8 Å². The van der Waals surface area contributed by atoms with Gasteiger partial charge in [0.2, 0.25) is 0 Å². The van der Waals surface area contributed by atoms with Gasteiger partial charge in [0.25, 0.3) is 0 Å². The molecule has 3 rings (SSSR count). The second kappa shape index (κ2) is 11.1. The van der Waals surface area contributed by atoms with E-state index in [0.717, 1.165) is 37.9 Å². The Kier molecular flexibility index (Phi) is 9.49. The predicted octanol–water partition coefficient (Wildman–Crippen LogP) is 2.74. The van der Waals surface area contributed by atoms with Gasteiger partial charge in [0, 0.05) is 25.0 Å². The molecule has 0 spiro atoms. The van der Waals surface area contributed by atoms with Gasteiger partial charge in [-0.3, -0.25) is 9.89 Å². The molecule has 0 amide bonds. The van der Waals surface area contributed by atoms with Gasteiger partial charge in [-0.25, -0.2) is 8.42 Å². The summed E-state index contributed by atoms with van der Waals surface area (Å²) in [5.74, 6) is 2.37. The second-order valence-corrected chi connectivity index (χ2v) is 11.1. The second-order valence-electron chi connectivity index (χ2n) is 7.85. The average molecular weight is 541 g/mol. The summed E-state index contributed by atoms with van der Waals surface area (Å²) in [4.78, 5) is 8.29. The van der Waals surface area contributed by atoms with Crippen molar-refractivity contribution in [2.45, 2.75) is 32.2 Å². The predicted molar refractivity (Wildman–Crippen MR) is 129 cm³/mol. The van der Waals surface area contributed by atoms with Crippen molar-refractivity contribution in [3.8, 4) is 0 Å². The molecule has 6 nitrogen and oxygen atoms in total. The number of hydrogen-bond donors (Lipinski definition) is 2. The molecular formula is C19H33IN4O2S2.